The summed E-state index contributed by atoms with van der Waals surface area (Å²) in [6.07, 6.45) is 2.65. The zero-order valence-corrected chi connectivity index (χ0v) is 8.29. The number of aliphatic hydroxyl groups is 1. The zero-order chi connectivity index (χ0) is 8.97. The highest BCUT2D eigenvalue weighted by Gasteiger charge is 2.33. The maximum Gasteiger partial charge on any atom is 0.0474 e. The lowest BCUT2D eigenvalue weighted by Gasteiger charge is -2.44. The van der Waals surface area contributed by atoms with Gasteiger partial charge in [0.15, 0.2) is 0 Å². The summed E-state index contributed by atoms with van der Waals surface area (Å²) >= 11 is 0. The van der Waals surface area contributed by atoms with Crippen LogP contribution in [0.2, 0.25) is 0 Å². The van der Waals surface area contributed by atoms with Crippen molar-refractivity contribution in [3.05, 3.63) is 0 Å². The second-order valence-corrected chi connectivity index (χ2v) is 3.58. The van der Waals surface area contributed by atoms with Gasteiger partial charge in [0.2, 0.25) is 0 Å². The molecule has 2 nitrogen and oxygen atoms in total. The molecule has 1 atom stereocenters. The first-order valence-electron chi connectivity index (χ1n) is 5.23. The van der Waals surface area contributed by atoms with Crippen LogP contribution in [0.3, 0.4) is 0 Å². The smallest absolute Gasteiger partial charge is 0.0474 e. The number of nitrogens with zero attached hydrogens (tertiary/aromatic N) is 1. The molecule has 0 aromatic carbocycles. The lowest BCUT2D eigenvalue weighted by molar-refractivity contribution is 0.0198. The van der Waals surface area contributed by atoms with Gasteiger partial charge in [-0.2, -0.15) is 0 Å². The first kappa shape index (κ1) is 10.0. The molecule has 1 unspecified atom stereocenters. The van der Waals surface area contributed by atoms with Crippen molar-refractivity contribution in [2.45, 2.75) is 26.7 Å². The molecule has 0 aromatic rings. The summed E-state index contributed by atoms with van der Waals surface area (Å²) in [5, 5.41) is 8.99. The fraction of sp³-hybridized carbons (Fsp3) is 1.00. The second-order valence-electron chi connectivity index (χ2n) is 3.58. The number of rotatable bonds is 1. The van der Waals surface area contributed by atoms with Crippen molar-refractivity contribution in [3.8, 4) is 0 Å². The normalized spacial score (nSPS) is 38.8. The van der Waals surface area contributed by atoms with Gasteiger partial charge in [-0.15, -0.1) is 0 Å². The van der Waals surface area contributed by atoms with E-state index in [9.17, 15) is 0 Å². The van der Waals surface area contributed by atoms with Crippen molar-refractivity contribution >= 4 is 0 Å². The number of piperidine rings is 3. The monoisotopic (exact) mass is 171 g/mol. The summed E-state index contributed by atoms with van der Waals surface area (Å²) < 4.78 is 0. The van der Waals surface area contributed by atoms with E-state index < -0.39 is 0 Å². The Balaban J connectivity index is 0.000000336. The summed E-state index contributed by atoms with van der Waals surface area (Å²) in [6.45, 7) is 8.12. The Morgan fingerprint density at radius 3 is 2.08 bits per heavy atom. The number of aliphatic hydroxyl groups excluding tert-OH is 1. The van der Waals surface area contributed by atoms with E-state index in [0.29, 0.717) is 12.5 Å². The lowest BCUT2D eigenvalue weighted by atomic mass is 9.80. The maximum absolute atomic E-state index is 8.99. The van der Waals surface area contributed by atoms with Crippen LogP contribution in [0, 0.1) is 11.8 Å². The minimum Gasteiger partial charge on any atom is -0.396 e. The molecule has 3 fully saturated rings. The van der Waals surface area contributed by atoms with Crippen LogP contribution in [0.4, 0.5) is 0 Å². The van der Waals surface area contributed by atoms with Crippen LogP contribution < -0.4 is 0 Å². The van der Waals surface area contributed by atoms with Crippen LogP contribution in [-0.4, -0.2) is 36.2 Å². The average molecular weight is 171 g/mol. The molecule has 0 aromatic heterocycles. The molecule has 1 N–H and O–H groups in total. The van der Waals surface area contributed by atoms with E-state index in [0.717, 1.165) is 12.5 Å². The van der Waals surface area contributed by atoms with E-state index in [1.165, 1.54) is 25.9 Å². The fourth-order valence-corrected chi connectivity index (χ4v) is 2.29. The number of hydrogen-bond acceptors (Lipinski definition) is 2. The van der Waals surface area contributed by atoms with Gasteiger partial charge >= 0.3 is 0 Å². The fourth-order valence-electron chi connectivity index (χ4n) is 2.29. The predicted octanol–water partition coefficient (Wildman–Crippen LogP) is 1.35. The van der Waals surface area contributed by atoms with Gasteiger partial charge in [-0.05, 0) is 37.8 Å². The van der Waals surface area contributed by atoms with E-state index in [1.54, 1.807) is 0 Å². The Kier molecular flexibility index (Phi) is 4.02. The third-order valence-corrected chi connectivity index (χ3v) is 3.03. The van der Waals surface area contributed by atoms with Crippen LogP contribution in [0.15, 0.2) is 0 Å². The van der Waals surface area contributed by atoms with Gasteiger partial charge < -0.3 is 10.0 Å². The number of hydrogen-bond donors (Lipinski definition) is 1. The van der Waals surface area contributed by atoms with E-state index in [1.807, 2.05) is 13.8 Å². The molecule has 3 saturated heterocycles. The van der Waals surface area contributed by atoms with Crippen molar-refractivity contribution in [1.29, 1.82) is 0 Å². The van der Waals surface area contributed by atoms with Crippen molar-refractivity contribution in [1.82, 2.24) is 4.90 Å². The van der Waals surface area contributed by atoms with Crippen LogP contribution in [0.1, 0.15) is 26.7 Å². The van der Waals surface area contributed by atoms with Gasteiger partial charge in [-0.3, -0.25) is 0 Å². The highest BCUT2D eigenvalue weighted by molar-refractivity contribution is 4.85. The van der Waals surface area contributed by atoms with Crippen molar-refractivity contribution in [2.75, 3.05) is 26.2 Å². The minimum absolute atomic E-state index is 0.404. The summed E-state index contributed by atoms with van der Waals surface area (Å²) in [7, 11) is 0. The van der Waals surface area contributed by atoms with Gasteiger partial charge in [0.1, 0.15) is 0 Å². The van der Waals surface area contributed by atoms with Crippen LogP contribution >= 0.6 is 0 Å². The SMILES string of the molecule is CC.OCC1CN2CCC1CC2. The molecule has 3 rings (SSSR count). The van der Waals surface area contributed by atoms with Gasteiger partial charge in [-0.1, -0.05) is 13.8 Å². The average Bonchev–Trinajstić information content (AvgIpc) is 2.22. The summed E-state index contributed by atoms with van der Waals surface area (Å²) in [5.74, 6) is 1.44. The van der Waals surface area contributed by atoms with E-state index in [-0.39, 0.29) is 0 Å². The molecule has 0 radical (unpaired) electrons. The first-order chi connectivity index (χ1) is 5.90. The predicted molar refractivity (Wildman–Crippen MR) is 51.1 cm³/mol. The highest BCUT2D eigenvalue weighted by Crippen LogP contribution is 2.31. The van der Waals surface area contributed by atoms with Crippen molar-refractivity contribution in [2.24, 2.45) is 11.8 Å². The molecule has 0 aliphatic carbocycles. The van der Waals surface area contributed by atoms with Crippen LogP contribution in [0.25, 0.3) is 0 Å². The molecule has 3 heterocycles. The van der Waals surface area contributed by atoms with Gasteiger partial charge in [0.25, 0.3) is 0 Å². The van der Waals surface area contributed by atoms with E-state index >= 15 is 0 Å². The third-order valence-electron chi connectivity index (χ3n) is 3.03. The number of fused-ring (bicyclic) bond motifs is 3. The van der Waals surface area contributed by atoms with E-state index in [4.69, 9.17) is 5.11 Å². The van der Waals surface area contributed by atoms with Crippen molar-refractivity contribution < 1.29 is 5.11 Å². The standard InChI is InChI=1S/C8H15NO.C2H6/c10-6-8-5-9-3-1-7(8)2-4-9;1-2/h7-8,10H,1-6H2;1-2H3. The molecule has 72 valence electrons. The molecule has 0 saturated carbocycles. The molecule has 3 aliphatic rings. The molecule has 2 heteroatoms. The second kappa shape index (κ2) is 4.83. The Hall–Kier alpha value is -0.0800. The summed E-state index contributed by atoms with van der Waals surface area (Å²) in [6, 6.07) is 0. The molecule has 12 heavy (non-hydrogen) atoms. The van der Waals surface area contributed by atoms with Gasteiger partial charge in [-0.25, -0.2) is 0 Å². The molecule has 0 amide bonds. The Labute approximate surface area is 75.6 Å². The first-order valence-corrected chi connectivity index (χ1v) is 5.23. The van der Waals surface area contributed by atoms with E-state index in [2.05, 4.69) is 4.90 Å². The third kappa shape index (κ3) is 1.99. The Morgan fingerprint density at radius 2 is 1.83 bits per heavy atom. The molecule has 2 bridgehead atoms. The van der Waals surface area contributed by atoms with Crippen molar-refractivity contribution in [3.63, 3.8) is 0 Å². The topological polar surface area (TPSA) is 23.5 Å². The Morgan fingerprint density at radius 1 is 1.25 bits per heavy atom. The largest absolute Gasteiger partial charge is 0.396 e. The molecular weight excluding hydrogens is 150 g/mol. The lowest BCUT2D eigenvalue weighted by Crippen LogP contribution is -2.48. The highest BCUT2D eigenvalue weighted by atomic mass is 16.3. The molecule has 3 aliphatic heterocycles. The summed E-state index contributed by atoms with van der Waals surface area (Å²) in [5.41, 5.74) is 0. The molecule has 0 spiro atoms. The van der Waals surface area contributed by atoms with Gasteiger partial charge in [0.05, 0.1) is 0 Å². The maximum atomic E-state index is 8.99. The van der Waals surface area contributed by atoms with Crippen LogP contribution in [-0.2, 0) is 0 Å². The quantitative estimate of drug-likeness (QED) is 0.643. The summed E-state index contributed by atoms with van der Waals surface area (Å²) in [4.78, 5) is 2.47. The Bertz CT molecular complexity index is 119. The van der Waals surface area contributed by atoms with Gasteiger partial charge in [0, 0.05) is 13.2 Å². The zero-order valence-electron chi connectivity index (χ0n) is 8.29. The minimum atomic E-state index is 0.404. The molecular formula is C10H21NO. The van der Waals surface area contributed by atoms with Crippen LogP contribution in [0.5, 0.6) is 0 Å².